The van der Waals surface area contributed by atoms with Crippen molar-refractivity contribution < 1.29 is 21.6 Å². The summed E-state index contributed by atoms with van der Waals surface area (Å²) in [5.41, 5.74) is -0.236. The number of hydrogen-bond acceptors (Lipinski definition) is 3. The Bertz CT molecular complexity index is 555. The molecule has 0 heterocycles. The fourth-order valence-corrected chi connectivity index (χ4v) is 3.01. The molecule has 0 bridgehead atoms. The molecular weight excluding hydrogens is 291 g/mol. The normalized spacial score (nSPS) is 15.9. The summed E-state index contributed by atoms with van der Waals surface area (Å²) in [6.45, 7) is 3.39. The van der Waals surface area contributed by atoms with Crippen molar-refractivity contribution in [2.75, 3.05) is 12.0 Å². The minimum absolute atomic E-state index is 0.0592. The van der Waals surface area contributed by atoms with Crippen LogP contribution >= 0.6 is 0 Å². The SMILES string of the molecule is CC(CS(C)(=O)=O)NC(C)c1cccc(C(F)(F)F)c1. The zero-order chi connectivity index (χ0) is 15.6. The largest absolute Gasteiger partial charge is 0.416 e. The second-order valence-corrected chi connectivity index (χ2v) is 7.19. The molecule has 0 aliphatic rings. The van der Waals surface area contributed by atoms with Gasteiger partial charge in [0.15, 0.2) is 0 Å². The van der Waals surface area contributed by atoms with Crippen LogP contribution in [-0.2, 0) is 16.0 Å². The Kier molecular flexibility index (Phi) is 5.21. The zero-order valence-corrected chi connectivity index (χ0v) is 12.3. The smallest absolute Gasteiger partial charge is 0.307 e. The molecule has 0 aliphatic carbocycles. The lowest BCUT2D eigenvalue weighted by atomic mass is 10.0. The predicted octanol–water partition coefficient (Wildman–Crippen LogP) is 2.79. The molecule has 0 spiro atoms. The van der Waals surface area contributed by atoms with Gasteiger partial charge in [0.25, 0.3) is 0 Å². The second kappa shape index (κ2) is 6.13. The summed E-state index contributed by atoms with van der Waals surface area (Å²) in [4.78, 5) is 0. The van der Waals surface area contributed by atoms with Gasteiger partial charge < -0.3 is 5.32 Å². The molecule has 0 saturated carbocycles. The molecule has 0 aliphatic heterocycles. The highest BCUT2D eigenvalue weighted by Crippen LogP contribution is 2.30. The molecule has 1 aromatic rings. The lowest BCUT2D eigenvalue weighted by Crippen LogP contribution is -2.34. The second-order valence-electron chi connectivity index (χ2n) is 5.01. The highest BCUT2D eigenvalue weighted by atomic mass is 32.2. The number of nitrogens with one attached hydrogen (secondary N) is 1. The summed E-state index contributed by atoms with van der Waals surface area (Å²) >= 11 is 0. The standard InChI is InChI=1S/C13H18F3NO2S/c1-9(8-20(3,18)19)17-10(2)11-5-4-6-12(7-11)13(14,15)16/h4-7,9-10,17H,8H2,1-3H3. The number of sulfone groups is 1. The van der Waals surface area contributed by atoms with Crippen LogP contribution < -0.4 is 5.32 Å². The van der Waals surface area contributed by atoms with Crippen LogP contribution in [0.4, 0.5) is 13.2 Å². The summed E-state index contributed by atoms with van der Waals surface area (Å²) in [6.07, 6.45) is -3.26. The van der Waals surface area contributed by atoms with Crippen molar-refractivity contribution in [2.45, 2.75) is 32.1 Å². The van der Waals surface area contributed by atoms with E-state index < -0.39 is 21.6 Å². The predicted molar refractivity (Wildman–Crippen MR) is 72.2 cm³/mol. The van der Waals surface area contributed by atoms with E-state index in [1.165, 1.54) is 6.07 Å². The number of hydrogen-bond donors (Lipinski definition) is 1. The van der Waals surface area contributed by atoms with E-state index >= 15 is 0 Å². The van der Waals surface area contributed by atoms with Crippen molar-refractivity contribution in [1.82, 2.24) is 5.32 Å². The van der Waals surface area contributed by atoms with Crippen LogP contribution in [0.1, 0.15) is 31.0 Å². The first-order chi connectivity index (χ1) is 8.99. The first kappa shape index (κ1) is 17.0. The first-order valence-corrected chi connectivity index (χ1v) is 8.16. The topological polar surface area (TPSA) is 46.2 Å². The summed E-state index contributed by atoms with van der Waals surface area (Å²) in [7, 11) is -3.13. The van der Waals surface area contributed by atoms with Gasteiger partial charge in [-0.2, -0.15) is 13.2 Å². The van der Waals surface area contributed by atoms with E-state index in [9.17, 15) is 21.6 Å². The zero-order valence-electron chi connectivity index (χ0n) is 11.5. The van der Waals surface area contributed by atoms with Crippen LogP contribution in [0.25, 0.3) is 0 Å². The molecule has 2 unspecified atom stereocenters. The van der Waals surface area contributed by atoms with Gasteiger partial charge in [0.2, 0.25) is 0 Å². The minimum atomic E-state index is -4.38. The summed E-state index contributed by atoms with van der Waals surface area (Å²) in [5, 5.41) is 2.98. The summed E-state index contributed by atoms with van der Waals surface area (Å²) in [6, 6.07) is 4.31. The van der Waals surface area contributed by atoms with E-state index in [4.69, 9.17) is 0 Å². The van der Waals surface area contributed by atoms with Crippen molar-refractivity contribution in [3.05, 3.63) is 35.4 Å². The molecule has 0 saturated heterocycles. The molecule has 20 heavy (non-hydrogen) atoms. The van der Waals surface area contributed by atoms with Crippen LogP contribution in [0.3, 0.4) is 0 Å². The third-order valence-corrected chi connectivity index (χ3v) is 3.91. The van der Waals surface area contributed by atoms with Gasteiger partial charge in [-0.15, -0.1) is 0 Å². The molecule has 114 valence electrons. The fourth-order valence-electron chi connectivity index (χ4n) is 2.01. The van der Waals surface area contributed by atoms with E-state index in [1.807, 2.05) is 0 Å². The molecule has 1 aromatic carbocycles. The van der Waals surface area contributed by atoms with Gasteiger partial charge in [0.1, 0.15) is 9.84 Å². The Hall–Kier alpha value is -1.08. The first-order valence-electron chi connectivity index (χ1n) is 6.10. The third-order valence-electron chi connectivity index (χ3n) is 2.80. The molecule has 0 fully saturated rings. The van der Waals surface area contributed by atoms with E-state index in [-0.39, 0.29) is 17.8 Å². The third kappa shape index (κ3) is 5.50. The Morgan fingerprint density at radius 3 is 2.35 bits per heavy atom. The molecule has 2 atom stereocenters. The van der Waals surface area contributed by atoms with E-state index in [0.717, 1.165) is 18.4 Å². The Morgan fingerprint density at radius 1 is 1.25 bits per heavy atom. The number of alkyl halides is 3. The maximum absolute atomic E-state index is 12.6. The Balaban J connectivity index is 2.80. The lowest BCUT2D eigenvalue weighted by Gasteiger charge is -2.20. The van der Waals surface area contributed by atoms with Crippen molar-refractivity contribution in [3.8, 4) is 0 Å². The quantitative estimate of drug-likeness (QED) is 0.910. The maximum Gasteiger partial charge on any atom is 0.416 e. The summed E-state index contributed by atoms with van der Waals surface area (Å²) < 4.78 is 60.2. The molecule has 0 amide bonds. The maximum atomic E-state index is 12.6. The molecule has 1 N–H and O–H groups in total. The highest BCUT2D eigenvalue weighted by Gasteiger charge is 2.30. The molecule has 1 rings (SSSR count). The molecule has 0 radical (unpaired) electrons. The van der Waals surface area contributed by atoms with Crippen LogP contribution in [0, 0.1) is 0 Å². The Morgan fingerprint density at radius 2 is 1.85 bits per heavy atom. The summed E-state index contributed by atoms with van der Waals surface area (Å²) in [5.74, 6) is -0.0592. The molecule has 7 heteroatoms. The number of rotatable bonds is 5. The van der Waals surface area contributed by atoms with Crippen molar-refractivity contribution in [2.24, 2.45) is 0 Å². The minimum Gasteiger partial charge on any atom is -0.307 e. The highest BCUT2D eigenvalue weighted by molar-refractivity contribution is 7.90. The molecular formula is C13H18F3NO2S. The molecule has 0 aromatic heterocycles. The van der Waals surface area contributed by atoms with Gasteiger partial charge in [-0.3, -0.25) is 0 Å². The monoisotopic (exact) mass is 309 g/mol. The number of halogens is 3. The van der Waals surface area contributed by atoms with E-state index in [2.05, 4.69) is 5.32 Å². The van der Waals surface area contributed by atoms with Crippen LogP contribution in [0.5, 0.6) is 0 Å². The fraction of sp³-hybridized carbons (Fsp3) is 0.538. The lowest BCUT2D eigenvalue weighted by molar-refractivity contribution is -0.137. The van der Waals surface area contributed by atoms with Crippen LogP contribution in [-0.4, -0.2) is 26.5 Å². The van der Waals surface area contributed by atoms with Gasteiger partial charge in [-0.1, -0.05) is 12.1 Å². The van der Waals surface area contributed by atoms with Gasteiger partial charge in [0.05, 0.1) is 11.3 Å². The average Bonchev–Trinajstić information content (AvgIpc) is 2.25. The van der Waals surface area contributed by atoms with Crippen LogP contribution in [0.2, 0.25) is 0 Å². The molecule has 3 nitrogen and oxygen atoms in total. The van der Waals surface area contributed by atoms with E-state index in [1.54, 1.807) is 19.9 Å². The Labute approximate surface area is 117 Å². The number of benzene rings is 1. The van der Waals surface area contributed by atoms with Gasteiger partial charge >= 0.3 is 6.18 Å². The van der Waals surface area contributed by atoms with Crippen molar-refractivity contribution >= 4 is 9.84 Å². The van der Waals surface area contributed by atoms with Gasteiger partial charge in [-0.25, -0.2) is 8.42 Å². The average molecular weight is 309 g/mol. The van der Waals surface area contributed by atoms with E-state index in [0.29, 0.717) is 5.56 Å². The van der Waals surface area contributed by atoms with Gasteiger partial charge in [0, 0.05) is 18.3 Å². The van der Waals surface area contributed by atoms with Crippen molar-refractivity contribution in [3.63, 3.8) is 0 Å². The van der Waals surface area contributed by atoms with Crippen molar-refractivity contribution in [1.29, 1.82) is 0 Å². The van der Waals surface area contributed by atoms with Gasteiger partial charge in [-0.05, 0) is 31.5 Å². The van der Waals surface area contributed by atoms with Crippen LogP contribution in [0.15, 0.2) is 24.3 Å².